The average Bonchev–Trinajstić information content (AvgIpc) is 2.56. The molecular formula is C15H17ClN4O4S. The van der Waals surface area contributed by atoms with Gasteiger partial charge in [-0.3, -0.25) is 10.2 Å². The van der Waals surface area contributed by atoms with E-state index in [-0.39, 0.29) is 40.2 Å². The third-order valence-corrected chi connectivity index (χ3v) is 4.82. The molecule has 2 rings (SSSR count). The van der Waals surface area contributed by atoms with E-state index >= 15 is 0 Å². The number of nitrogens with zero attached hydrogens (tertiary/aromatic N) is 2. The molecule has 0 spiro atoms. The highest BCUT2D eigenvalue weighted by Crippen LogP contribution is 2.25. The predicted octanol–water partition coefficient (Wildman–Crippen LogP) is 1.99. The summed E-state index contributed by atoms with van der Waals surface area (Å²) in [5.74, 6) is -0.483. The van der Waals surface area contributed by atoms with Crippen LogP contribution >= 0.6 is 10.7 Å². The normalized spacial score (nSPS) is 17.0. The van der Waals surface area contributed by atoms with Gasteiger partial charge in [0.25, 0.3) is 15.0 Å². The fourth-order valence-corrected chi connectivity index (χ4v) is 2.76. The van der Waals surface area contributed by atoms with Gasteiger partial charge in [0.05, 0.1) is 24.1 Å². The minimum absolute atomic E-state index is 0.0573. The largest absolute Gasteiger partial charge is 0.477 e. The monoisotopic (exact) mass is 384 g/mol. The Morgan fingerprint density at radius 2 is 2.08 bits per heavy atom. The summed E-state index contributed by atoms with van der Waals surface area (Å²) in [5, 5.41) is 10.3. The Morgan fingerprint density at radius 1 is 1.40 bits per heavy atom. The Balaban J connectivity index is 2.70. The molecule has 1 amide bonds. The van der Waals surface area contributed by atoms with E-state index in [2.05, 4.69) is 15.3 Å². The summed E-state index contributed by atoms with van der Waals surface area (Å²) in [6, 6.07) is 1.23. The number of carbonyl (C=O) groups excluding carboxylic acids is 1. The number of carbonyl (C=O) groups is 1. The van der Waals surface area contributed by atoms with Crippen molar-refractivity contribution in [1.29, 1.82) is 5.41 Å². The summed E-state index contributed by atoms with van der Waals surface area (Å²) in [6.45, 7) is 5.66. The number of halogens is 1. The maximum absolute atomic E-state index is 12.1. The first-order valence-electron chi connectivity index (χ1n) is 7.45. The molecule has 134 valence electrons. The SMILES string of the molecule is CCOc1ncc(S(=O)(=O)Cl)cc1C1=N/C(=C(/C)CC)C(=N)C(=O)N1. The Kier molecular flexibility index (Phi) is 5.58. The van der Waals surface area contributed by atoms with E-state index < -0.39 is 15.0 Å². The highest BCUT2D eigenvalue weighted by molar-refractivity contribution is 8.13. The molecule has 2 heterocycles. The molecule has 1 aromatic rings. The number of amides is 1. The molecule has 0 unspecified atom stereocenters. The molecule has 0 fully saturated rings. The number of hydrogen-bond acceptors (Lipinski definition) is 7. The molecule has 0 saturated heterocycles. The number of amidine groups is 1. The van der Waals surface area contributed by atoms with E-state index in [1.807, 2.05) is 6.92 Å². The van der Waals surface area contributed by atoms with Crippen LogP contribution < -0.4 is 10.1 Å². The second-order valence-electron chi connectivity index (χ2n) is 5.17. The van der Waals surface area contributed by atoms with Gasteiger partial charge in [0.2, 0.25) is 5.88 Å². The Morgan fingerprint density at radius 3 is 2.64 bits per heavy atom. The van der Waals surface area contributed by atoms with E-state index in [0.717, 1.165) is 11.8 Å². The summed E-state index contributed by atoms with van der Waals surface area (Å²) in [6.07, 6.45) is 1.67. The zero-order valence-electron chi connectivity index (χ0n) is 13.9. The van der Waals surface area contributed by atoms with Crippen LogP contribution in [0.25, 0.3) is 0 Å². The summed E-state index contributed by atoms with van der Waals surface area (Å²) in [5.41, 5.74) is 0.910. The van der Waals surface area contributed by atoms with Crippen molar-refractivity contribution in [2.75, 3.05) is 6.61 Å². The lowest BCUT2D eigenvalue weighted by molar-refractivity contribution is -0.113. The van der Waals surface area contributed by atoms with Crippen molar-refractivity contribution in [3.8, 4) is 5.88 Å². The van der Waals surface area contributed by atoms with Crippen LogP contribution in [0.15, 0.2) is 33.4 Å². The Hall–Kier alpha value is -2.26. The van der Waals surface area contributed by atoms with Gasteiger partial charge in [-0.1, -0.05) is 6.92 Å². The van der Waals surface area contributed by atoms with Gasteiger partial charge in [-0.2, -0.15) is 0 Å². The molecule has 10 heteroatoms. The minimum atomic E-state index is -4.02. The first-order valence-corrected chi connectivity index (χ1v) is 9.76. The fraction of sp³-hybridized carbons (Fsp3) is 0.333. The molecule has 25 heavy (non-hydrogen) atoms. The van der Waals surface area contributed by atoms with E-state index in [1.165, 1.54) is 6.07 Å². The van der Waals surface area contributed by atoms with Crippen molar-refractivity contribution < 1.29 is 17.9 Å². The van der Waals surface area contributed by atoms with Crippen LogP contribution in [0, 0.1) is 5.41 Å². The van der Waals surface area contributed by atoms with Gasteiger partial charge in [-0.25, -0.2) is 18.4 Å². The number of aliphatic imine (C=N–C) groups is 1. The van der Waals surface area contributed by atoms with E-state index in [1.54, 1.807) is 13.8 Å². The average molecular weight is 385 g/mol. The summed E-state index contributed by atoms with van der Waals surface area (Å²) in [4.78, 5) is 20.1. The second-order valence-corrected chi connectivity index (χ2v) is 7.73. The van der Waals surface area contributed by atoms with Crippen molar-refractivity contribution in [2.24, 2.45) is 4.99 Å². The van der Waals surface area contributed by atoms with Crippen LogP contribution in [0.1, 0.15) is 32.8 Å². The van der Waals surface area contributed by atoms with Gasteiger partial charge in [0.15, 0.2) is 0 Å². The van der Waals surface area contributed by atoms with Crippen molar-refractivity contribution in [1.82, 2.24) is 10.3 Å². The lowest BCUT2D eigenvalue weighted by Crippen LogP contribution is -2.41. The molecule has 2 N–H and O–H groups in total. The molecule has 0 aromatic carbocycles. The smallest absolute Gasteiger partial charge is 0.276 e. The summed E-state index contributed by atoms with van der Waals surface area (Å²) in [7, 11) is 1.35. The molecule has 0 bridgehead atoms. The zero-order chi connectivity index (χ0) is 18.8. The van der Waals surface area contributed by atoms with Crippen molar-refractivity contribution in [3.05, 3.63) is 29.1 Å². The number of aromatic nitrogens is 1. The van der Waals surface area contributed by atoms with Gasteiger partial charge in [0.1, 0.15) is 16.4 Å². The second kappa shape index (κ2) is 7.32. The van der Waals surface area contributed by atoms with Crippen molar-refractivity contribution in [2.45, 2.75) is 32.1 Å². The number of rotatable bonds is 5. The molecule has 0 radical (unpaired) electrons. The molecule has 1 aliphatic heterocycles. The van der Waals surface area contributed by atoms with Gasteiger partial charge in [0, 0.05) is 10.7 Å². The lowest BCUT2D eigenvalue weighted by Gasteiger charge is -2.19. The third-order valence-electron chi connectivity index (χ3n) is 3.50. The summed E-state index contributed by atoms with van der Waals surface area (Å²) < 4.78 is 28.6. The first kappa shape index (κ1) is 19.1. The minimum Gasteiger partial charge on any atom is -0.477 e. The topological polar surface area (TPSA) is 122 Å². The number of nitrogens with one attached hydrogen (secondary N) is 2. The fourth-order valence-electron chi connectivity index (χ4n) is 2.06. The lowest BCUT2D eigenvalue weighted by atomic mass is 10.1. The van der Waals surface area contributed by atoms with Crippen LogP contribution in [-0.4, -0.2) is 37.5 Å². The van der Waals surface area contributed by atoms with Crippen molar-refractivity contribution >= 4 is 37.2 Å². The Labute approximate surface area is 149 Å². The highest BCUT2D eigenvalue weighted by Gasteiger charge is 2.27. The molecule has 8 nitrogen and oxygen atoms in total. The van der Waals surface area contributed by atoms with Gasteiger partial charge in [-0.05, 0) is 31.9 Å². The predicted molar refractivity (Wildman–Crippen MR) is 93.8 cm³/mol. The van der Waals surface area contributed by atoms with Crippen LogP contribution in [0.4, 0.5) is 0 Å². The highest BCUT2D eigenvalue weighted by atomic mass is 35.7. The molecule has 0 saturated carbocycles. The maximum Gasteiger partial charge on any atom is 0.276 e. The van der Waals surface area contributed by atoms with Crippen LogP contribution in [0.3, 0.4) is 0 Å². The number of allylic oxidation sites excluding steroid dienone is 1. The number of pyridine rings is 1. The first-order chi connectivity index (χ1) is 11.7. The molecule has 0 atom stereocenters. The van der Waals surface area contributed by atoms with E-state index in [4.69, 9.17) is 20.8 Å². The number of ether oxygens (including phenoxy) is 1. The van der Waals surface area contributed by atoms with Gasteiger partial charge >= 0.3 is 0 Å². The Bertz CT molecular complexity index is 906. The molecule has 1 aliphatic rings. The quantitative estimate of drug-likeness (QED) is 0.751. The van der Waals surface area contributed by atoms with Gasteiger partial charge < -0.3 is 10.1 Å². The molecule has 0 aliphatic carbocycles. The third kappa shape index (κ3) is 4.05. The van der Waals surface area contributed by atoms with Crippen LogP contribution in [0.2, 0.25) is 0 Å². The number of hydrogen-bond donors (Lipinski definition) is 2. The van der Waals surface area contributed by atoms with Crippen LogP contribution in [0.5, 0.6) is 5.88 Å². The van der Waals surface area contributed by atoms with Crippen LogP contribution in [-0.2, 0) is 13.8 Å². The standard InChI is InChI=1S/C15H17ClN4O4S/c1-4-8(3)12-11(17)14(21)20-13(19-12)10-6-9(25(16,22)23)7-18-15(10)24-5-2/h6-7,17H,4-5H2,1-3H3,(H,19,20,21)/b12-8-,17-11?. The zero-order valence-corrected chi connectivity index (χ0v) is 15.5. The van der Waals surface area contributed by atoms with E-state index in [9.17, 15) is 13.2 Å². The molecular weight excluding hydrogens is 368 g/mol. The summed E-state index contributed by atoms with van der Waals surface area (Å²) >= 11 is 0. The van der Waals surface area contributed by atoms with Gasteiger partial charge in [-0.15, -0.1) is 0 Å². The molecule has 1 aromatic heterocycles. The van der Waals surface area contributed by atoms with Crippen molar-refractivity contribution in [3.63, 3.8) is 0 Å². The van der Waals surface area contributed by atoms with E-state index in [0.29, 0.717) is 6.42 Å². The maximum atomic E-state index is 12.1.